The van der Waals surface area contributed by atoms with Gasteiger partial charge in [0.15, 0.2) is 5.90 Å². The zero-order valence-corrected chi connectivity index (χ0v) is 10.5. The fourth-order valence-electron chi connectivity index (χ4n) is 0.907. The van der Waals surface area contributed by atoms with Crippen LogP contribution in [0.25, 0.3) is 0 Å². The molecule has 17 heavy (non-hydrogen) atoms. The summed E-state index contributed by atoms with van der Waals surface area (Å²) in [7, 11) is 0. The van der Waals surface area contributed by atoms with Gasteiger partial charge in [-0.25, -0.2) is 4.79 Å². The maximum absolute atomic E-state index is 10.7. The van der Waals surface area contributed by atoms with E-state index in [4.69, 9.17) is 19.6 Å². The summed E-state index contributed by atoms with van der Waals surface area (Å²) in [4.78, 5) is 10.7. The van der Waals surface area contributed by atoms with E-state index in [1.807, 2.05) is 13.8 Å². The standard InChI is InChI=1S/C12H21NO4/c1-4-10(3)15-8-9-16-11(13)6-7-17-12(14)5-2/h5,10,13H,2,4,6-9H2,1,3H3. The summed E-state index contributed by atoms with van der Waals surface area (Å²) < 4.78 is 15.2. The van der Waals surface area contributed by atoms with E-state index < -0.39 is 5.97 Å². The van der Waals surface area contributed by atoms with Crippen molar-refractivity contribution < 1.29 is 19.0 Å². The van der Waals surface area contributed by atoms with Gasteiger partial charge in [-0.3, -0.25) is 5.41 Å². The van der Waals surface area contributed by atoms with Crippen LogP contribution in [0.3, 0.4) is 0 Å². The number of ether oxygens (including phenoxy) is 3. The quantitative estimate of drug-likeness (QED) is 0.221. The molecule has 98 valence electrons. The molecule has 0 rings (SSSR count). The molecule has 1 atom stereocenters. The molecule has 0 aromatic carbocycles. The van der Waals surface area contributed by atoms with Crippen LogP contribution in [-0.4, -0.2) is 37.8 Å². The van der Waals surface area contributed by atoms with Crippen molar-refractivity contribution in [2.75, 3.05) is 19.8 Å². The van der Waals surface area contributed by atoms with Crippen molar-refractivity contribution in [3.63, 3.8) is 0 Å². The first-order chi connectivity index (χ1) is 8.10. The molecule has 5 heteroatoms. The van der Waals surface area contributed by atoms with Crippen molar-refractivity contribution in [2.45, 2.75) is 32.8 Å². The Kier molecular flexibility index (Phi) is 9.05. The second-order valence-electron chi connectivity index (χ2n) is 3.48. The summed E-state index contributed by atoms with van der Waals surface area (Å²) in [5, 5.41) is 7.43. The van der Waals surface area contributed by atoms with Crippen molar-refractivity contribution >= 4 is 11.9 Å². The van der Waals surface area contributed by atoms with Crippen LogP contribution in [0.5, 0.6) is 0 Å². The van der Waals surface area contributed by atoms with E-state index in [9.17, 15) is 4.79 Å². The van der Waals surface area contributed by atoms with E-state index in [0.717, 1.165) is 12.5 Å². The molecule has 0 aromatic rings. The highest BCUT2D eigenvalue weighted by Crippen LogP contribution is 1.96. The lowest BCUT2D eigenvalue weighted by Gasteiger charge is -2.11. The van der Waals surface area contributed by atoms with Crippen molar-refractivity contribution in [3.05, 3.63) is 12.7 Å². The Bertz CT molecular complexity index is 253. The summed E-state index contributed by atoms with van der Waals surface area (Å²) in [6.45, 7) is 8.24. The molecule has 0 amide bonds. The largest absolute Gasteiger partial charge is 0.479 e. The third-order valence-corrected chi connectivity index (χ3v) is 2.08. The summed E-state index contributed by atoms with van der Waals surface area (Å²) in [6.07, 6.45) is 2.52. The number of hydrogen-bond donors (Lipinski definition) is 1. The minimum Gasteiger partial charge on any atom is -0.479 e. The van der Waals surface area contributed by atoms with Gasteiger partial charge in [0.2, 0.25) is 0 Å². The molecule has 0 aliphatic heterocycles. The van der Waals surface area contributed by atoms with E-state index in [1.54, 1.807) is 0 Å². The Labute approximate surface area is 102 Å². The molecule has 0 bridgehead atoms. The first kappa shape index (κ1) is 15.6. The molecule has 0 fully saturated rings. The van der Waals surface area contributed by atoms with Crippen molar-refractivity contribution in [3.8, 4) is 0 Å². The molecule has 0 saturated heterocycles. The SMILES string of the molecule is C=CC(=O)OCCC(=N)OCCOC(C)CC. The monoisotopic (exact) mass is 243 g/mol. The van der Waals surface area contributed by atoms with E-state index in [1.165, 1.54) is 0 Å². The average Bonchev–Trinajstić information content (AvgIpc) is 2.33. The lowest BCUT2D eigenvalue weighted by Crippen LogP contribution is -2.15. The van der Waals surface area contributed by atoms with Gasteiger partial charge in [0, 0.05) is 6.08 Å². The van der Waals surface area contributed by atoms with Gasteiger partial charge in [0.25, 0.3) is 0 Å². The van der Waals surface area contributed by atoms with Crippen molar-refractivity contribution in [2.24, 2.45) is 0 Å². The minimum atomic E-state index is -0.488. The lowest BCUT2D eigenvalue weighted by atomic mass is 10.3. The lowest BCUT2D eigenvalue weighted by molar-refractivity contribution is -0.137. The number of esters is 1. The predicted molar refractivity (Wildman–Crippen MR) is 65.2 cm³/mol. The number of rotatable bonds is 9. The van der Waals surface area contributed by atoms with Gasteiger partial charge in [0.05, 0.1) is 19.1 Å². The molecule has 0 aliphatic carbocycles. The maximum Gasteiger partial charge on any atom is 0.330 e. The predicted octanol–water partition coefficient (Wildman–Crippen LogP) is 1.91. The Morgan fingerprint density at radius 1 is 1.35 bits per heavy atom. The Morgan fingerprint density at radius 2 is 2.06 bits per heavy atom. The number of nitrogens with one attached hydrogen (secondary N) is 1. The Balaban J connectivity index is 3.41. The molecule has 0 aromatic heterocycles. The first-order valence-corrected chi connectivity index (χ1v) is 5.71. The van der Waals surface area contributed by atoms with Crippen LogP contribution in [-0.2, 0) is 19.0 Å². The summed E-state index contributed by atoms with van der Waals surface area (Å²) >= 11 is 0. The molecule has 0 radical (unpaired) electrons. The van der Waals surface area contributed by atoms with Gasteiger partial charge in [-0.1, -0.05) is 13.5 Å². The number of hydrogen-bond acceptors (Lipinski definition) is 5. The van der Waals surface area contributed by atoms with Crippen LogP contribution >= 0.6 is 0 Å². The Morgan fingerprint density at radius 3 is 2.65 bits per heavy atom. The minimum absolute atomic E-state index is 0.0922. The third-order valence-electron chi connectivity index (χ3n) is 2.08. The van der Waals surface area contributed by atoms with Gasteiger partial charge >= 0.3 is 5.97 Å². The first-order valence-electron chi connectivity index (χ1n) is 5.71. The molecule has 0 aliphatic rings. The zero-order valence-electron chi connectivity index (χ0n) is 10.5. The van der Waals surface area contributed by atoms with Gasteiger partial charge < -0.3 is 14.2 Å². The molecular weight excluding hydrogens is 222 g/mol. The molecule has 0 heterocycles. The highest BCUT2D eigenvalue weighted by Gasteiger charge is 2.02. The highest BCUT2D eigenvalue weighted by molar-refractivity contribution is 5.81. The molecular formula is C12H21NO4. The highest BCUT2D eigenvalue weighted by atomic mass is 16.5. The summed E-state index contributed by atoms with van der Waals surface area (Å²) in [6, 6.07) is 0. The molecule has 0 spiro atoms. The second-order valence-corrected chi connectivity index (χ2v) is 3.48. The summed E-state index contributed by atoms with van der Waals surface area (Å²) in [5.74, 6) is -0.396. The van der Waals surface area contributed by atoms with Crippen LogP contribution in [0.4, 0.5) is 0 Å². The van der Waals surface area contributed by atoms with Gasteiger partial charge in [0.1, 0.15) is 13.2 Å². The topological polar surface area (TPSA) is 68.6 Å². The van der Waals surface area contributed by atoms with Gasteiger partial charge in [-0.15, -0.1) is 0 Å². The summed E-state index contributed by atoms with van der Waals surface area (Å²) in [5.41, 5.74) is 0. The van der Waals surface area contributed by atoms with E-state index >= 15 is 0 Å². The van der Waals surface area contributed by atoms with E-state index in [0.29, 0.717) is 13.2 Å². The van der Waals surface area contributed by atoms with Crippen molar-refractivity contribution in [1.82, 2.24) is 0 Å². The zero-order chi connectivity index (χ0) is 13.1. The number of carbonyl (C=O) groups is 1. The Hall–Kier alpha value is -1.36. The molecule has 1 unspecified atom stereocenters. The third kappa shape index (κ3) is 9.56. The van der Waals surface area contributed by atoms with Crippen LogP contribution in [0.2, 0.25) is 0 Å². The number of carbonyl (C=O) groups excluding carboxylic acids is 1. The van der Waals surface area contributed by atoms with Crippen LogP contribution < -0.4 is 0 Å². The van der Waals surface area contributed by atoms with Crippen molar-refractivity contribution in [1.29, 1.82) is 5.41 Å². The second kappa shape index (κ2) is 9.84. The van der Waals surface area contributed by atoms with Crippen LogP contribution in [0.1, 0.15) is 26.7 Å². The normalized spacial score (nSPS) is 11.6. The molecule has 1 N–H and O–H groups in total. The van der Waals surface area contributed by atoms with Gasteiger partial charge in [-0.2, -0.15) is 0 Å². The smallest absolute Gasteiger partial charge is 0.330 e. The van der Waals surface area contributed by atoms with Gasteiger partial charge in [-0.05, 0) is 13.3 Å². The van der Waals surface area contributed by atoms with Crippen LogP contribution in [0.15, 0.2) is 12.7 Å². The average molecular weight is 243 g/mol. The molecule has 0 saturated carbocycles. The fourth-order valence-corrected chi connectivity index (χ4v) is 0.907. The maximum atomic E-state index is 10.7. The fraction of sp³-hybridized carbons (Fsp3) is 0.667. The molecule has 5 nitrogen and oxygen atoms in total. The van der Waals surface area contributed by atoms with Crippen LogP contribution in [0, 0.1) is 5.41 Å². The van der Waals surface area contributed by atoms with E-state index in [-0.39, 0.29) is 25.0 Å². The van der Waals surface area contributed by atoms with E-state index in [2.05, 4.69) is 6.58 Å².